The van der Waals surface area contributed by atoms with E-state index in [1.54, 1.807) is 14.2 Å². The summed E-state index contributed by atoms with van der Waals surface area (Å²) in [5, 5.41) is 26.0. The number of hydrogen-bond donors (Lipinski definition) is 5. The number of nitrogens with zero attached hydrogens (tertiary/aromatic N) is 2. The van der Waals surface area contributed by atoms with Crippen LogP contribution in [0.3, 0.4) is 0 Å². The summed E-state index contributed by atoms with van der Waals surface area (Å²) in [7, 11) is 3.42. The molecule has 0 aromatic rings. The zero-order valence-electron chi connectivity index (χ0n) is 36.2. The van der Waals surface area contributed by atoms with Gasteiger partial charge in [-0.15, -0.1) is 0 Å². The molecule has 13 nitrogen and oxygen atoms in total. The Balaban J connectivity index is 0.869. The minimum absolute atomic E-state index is 0.0227. The summed E-state index contributed by atoms with van der Waals surface area (Å²) in [6.07, 6.45) is 22.6. The first kappa shape index (κ1) is 41.9. The van der Waals surface area contributed by atoms with Gasteiger partial charge in [0.15, 0.2) is 0 Å². The van der Waals surface area contributed by atoms with Crippen LogP contribution in [0.15, 0.2) is 70.9 Å². The molecule has 60 heavy (non-hydrogen) atoms. The standard InChI is InChI=1S/C47H68N6O7/c1-26(2)49-27(3)45(54)50-32-15-28(24-59-42-21-36-34(19-40(42)57-4)46(55)52-33(23-48-36)17-30-10-6-8-12-38(30)52)14-29(16-32)25-60-43-22-37-35(20-41(43)58-5)47(56)53-39-13-9-7-11-31(39)18-44(53)51-37/h6-8,10-12,16,26-28,30-33,35,37-40,42,44,47-49,51,56H,9,13-15,17-25H2,1-5H3,(H,50,54)/t27-,28?,30?,31?,32?,33-,35?,37?,38?,39?,40?,42+,44-,47?/m0/s1. The summed E-state index contributed by atoms with van der Waals surface area (Å²) < 4.78 is 25.5. The van der Waals surface area contributed by atoms with Crippen LogP contribution in [0.1, 0.15) is 85.0 Å². The van der Waals surface area contributed by atoms with E-state index in [0.717, 1.165) is 73.4 Å². The molecule has 2 amide bonds. The molecule has 9 aliphatic rings. The topological polar surface area (TPSA) is 146 Å². The van der Waals surface area contributed by atoms with Gasteiger partial charge in [0.05, 0.1) is 50.2 Å². The van der Waals surface area contributed by atoms with Crippen LogP contribution in [0.25, 0.3) is 0 Å². The number of allylic oxidation sites excluding steroid dienone is 4. The number of rotatable bonds is 12. The van der Waals surface area contributed by atoms with Crippen molar-refractivity contribution in [2.24, 2.45) is 23.7 Å². The fraction of sp³-hybridized carbons (Fsp3) is 0.702. The van der Waals surface area contributed by atoms with Crippen LogP contribution in [0.2, 0.25) is 0 Å². The number of amides is 2. The molecule has 0 aromatic heterocycles. The van der Waals surface area contributed by atoms with E-state index < -0.39 is 6.23 Å². The van der Waals surface area contributed by atoms with Gasteiger partial charge in [-0.25, -0.2) is 0 Å². The van der Waals surface area contributed by atoms with Crippen LogP contribution in [-0.4, -0.2) is 128 Å². The molecular weight excluding hydrogens is 761 g/mol. The lowest BCUT2D eigenvalue weighted by Crippen LogP contribution is -2.65. The Kier molecular flexibility index (Phi) is 12.4. The van der Waals surface area contributed by atoms with Crippen molar-refractivity contribution in [3.63, 3.8) is 0 Å². The van der Waals surface area contributed by atoms with Gasteiger partial charge in [0.25, 0.3) is 5.91 Å². The molecule has 9 rings (SSSR count). The van der Waals surface area contributed by atoms with Crippen molar-refractivity contribution in [2.45, 2.75) is 152 Å². The predicted octanol–water partition coefficient (Wildman–Crippen LogP) is 3.90. The highest BCUT2D eigenvalue weighted by atomic mass is 16.5. The highest BCUT2D eigenvalue weighted by molar-refractivity contribution is 5.95. The van der Waals surface area contributed by atoms with Crippen molar-refractivity contribution >= 4 is 11.8 Å². The lowest BCUT2D eigenvalue weighted by molar-refractivity contribution is -0.130. The normalized spacial score (nSPS) is 38.9. The van der Waals surface area contributed by atoms with E-state index in [0.29, 0.717) is 56.8 Å². The van der Waals surface area contributed by atoms with Crippen LogP contribution in [0.5, 0.6) is 0 Å². The van der Waals surface area contributed by atoms with E-state index in [9.17, 15) is 14.7 Å². The number of aliphatic hydroxyl groups is 1. The predicted molar refractivity (Wildman–Crippen MR) is 228 cm³/mol. The molecule has 10 unspecified atom stereocenters. The molecule has 0 aromatic carbocycles. The summed E-state index contributed by atoms with van der Waals surface area (Å²) in [4.78, 5) is 32.0. The lowest BCUT2D eigenvalue weighted by atomic mass is 9.82. The van der Waals surface area contributed by atoms with Crippen LogP contribution in [0.4, 0.5) is 0 Å². The molecule has 0 radical (unpaired) electrons. The maximum Gasteiger partial charge on any atom is 0.252 e. The summed E-state index contributed by atoms with van der Waals surface area (Å²) >= 11 is 0. The highest BCUT2D eigenvalue weighted by Crippen LogP contribution is 2.45. The molecule has 328 valence electrons. The van der Waals surface area contributed by atoms with Crippen molar-refractivity contribution in [1.29, 1.82) is 0 Å². The Labute approximate surface area is 356 Å². The molecule has 0 spiro atoms. The quantitative estimate of drug-likeness (QED) is 0.183. The third kappa shape index (κ3) is 8.26. The number of carbonyl (C=O) groups excluding carboxylic acids is 2. The zero-order chi connectivity index (χ0) is 41.7. The van der Waals surface area contributed by atoms with E-state index >= 15 is 0 Å². The zero-order valence-corrected chi connectivity index (χ0v) is 36.2. The Morgan fingerprint density at radius 1 is 0.983 bits per heavy atom. The van der Waals surface area contributed by atoms with Gasteiger partial charge >= 0.3 is 0 Å². The van der Waals surface area contributed by atoms with Gasteiger partial charge in [-0.2, -0.15) is 0 Å². The number of carbonyl (C=O) groups is 2. The van der Waals surface area contributed by atoms with Crippen LogP contribution < -0.4 is 21.3 Å². The molecule has 14 atom stereocenters. The van der Waals surface area contributed by atoms with E-state index in [2.05, 4.69) is 73.6 Å². The number of nitrogens with one attached hydrogen (secondary N) is 4. The molecule has 3 saturated heterocycles. The van der Waals surface area contributed by atoms with Gasteiger partial charge in [0, 0.05) is 86.6 Å². The van der Waals surface area contributed by atoms with Gasteiger partial charge < -0.3 is 44.9 Å². The monoisotopic (exact) mass is 829 g/mol. The number of fused-ring (bicyclic) bond motifs is 7. The van der Waals surface area contributed by atoms with Crippen molar-refractivity contribution < 1.29 is 33.6 Å². The van der Waals surface area contributed by atoms with E-state index in [1.165, 1.54) is 0 Å². The second-order valence-corrected chi connectivity index (χ2v) is 19.2. The fourth-order valence-corrected chi connectivity index (χ4v) is 12.2. The SMILES string of the molecule is COC1=C(OCC2=CC(NC(=O)[C@H](C)NC(C)C)CC(CO[C@@H]3CC4=C(CC3OC)C(=O)N3C5C=CC=CC5C[C@H]3CN4)C2)CC2N[C@@H]3CC4C=CCCC4N3C(O)C2C1. The van der Waals surface area contributed by atoms with Gasteiger partial charge in [-0.05, 0) is 62.9 Å². The van der Waals surface area contributed by atoms with E-state index in [1.807, 2.05) is 20.8 Å². The summed E-state index contributed by atoms with van der Waals surface area (Å²) in [6, 6.07) is 0.411. The Hall–Kier alpha value is -3.46. The minimum atomic E-state index is -0.520. The first-order valence-corrected chi connectivity index (χ1v) is 22.9. The van der Waals surface area contributed by atoms with Crippen LogP contribution >= 0.6 is 0 Å². The smallest absolute Gasteiger partial charge is 0.252 e. The molecule has 4 aliphatic heterocycles. The number of aliphatic hydroxyl groups excluding tert-OH is 1. The Morgan fingerprint density at radius 3 is 2.65 bits per heavy atom. The summed E-state index contributed by atoms with van der Waals surface area (Å²) in [5.74, 6) is 2.73. The first-order valence-electron chi connectivity index (χ1n) is 22.9. The van der Waals surface area contributed by atoms with Gasteiger partial charge in [0.1, 0.15) is 24.4 Å². The van der Waals surface area contributed by atoms with E-state index in [-0.39, 0.29) is 78.3 Å². The molecule has 4 heterocycles. The third-order valence-corrected chi connectivity index (χ3v) is 15.0. The highest BCUT2D eigenvalue weighted by Gasteiger charge is 2.53. The maximum atomic E-state index is 14.1. The maximum absolute atomic E-state index is 14.1. The molecule has 0 bridgehead atoms. The fourth-order valence-electron chi connectivity index (χ4n) is 12.2. The summed E-state index contributed by atoms with van der Waals surface area (Å²) in [5.41, 5.74) is 2.93. The van der Waals surface area contributed by atoms with E-state index in [4.69, 9.17) is 18.9 Å². The van der Waals surface area contributed by atoms with Crippen LogP contribution in [0, 0.1) is 23.7 Å². The van der Waals surface area contributed by atoms with Gasteiger partial charge in [0.2, 0.25) is 5.91 Å². The summed E-state index contributed by atoms with van der Waals surface area (Å²) in [6.45, 7) is 7.61. The lowest BCUT2D eigenvalue weighted by Gasteiger charge is -2.49. The average Bonchev–Trinajstić information content (AvgIpc) is 3.77. The minimum Gasteiger partial charge on any atom is -0.498 e. The second-order valence-electron chi connectivity index (χ2n) is 19.2. The largest absolute Gasteiger partial charge is 0.498 e. The number of methoxy groups -OCH3 is 2. The Bertz CT molecular complexity index is 1820. The first-order chi connectivity index (χ1) is 29.1. The van der Waals surface area contributed by atoms with Crippen molar-refractivity contribution in [2.75, 3.05) is 34.0 Å². The third-order valence-electron chi connectivity index (χ3n) is 15.0. The average molecular weight is 829 g/mol. The van der Waals surface area contributed by atoms with Gasteiger partial charge in [-0.3, -0.25) is 19.8 Å². The van der Waals surface area contributed by atoms with Crippen molar-refractivity contribution in [3.05, 3.63) is 70.9 Å². The van der Waals surface area contributed by atoms with Gasteiger partial charge in [-0.1, -0.05) is 56.4 Å². The molecular formula is C47H68N6O7. The molecule has 13 heteroatoms. The van der Waals surface area contributed by atoms with Crippen molar-refractivity contribution in [3.8, 4) is 0 Å². The number of hydrogen-bond acceptors (Lipinski definition) is 11. The molecule has 3 fully saturated rings. The molecule has 5 N–H and O–H groups in total. The number of ether oxygens (including phenoxy) is 4. The molecule has 0 saturated carbocycles. The second kappa shape index (κ2) is 17.7. The Morgan fingerprint density at radius 2 is 1.83 bits per heavy atom. The van der Waals surface area contributed by atoms with Crippen molar-refractivity contribution in [1.82, 2.24) is 31.1 Å². The van der Waals surface area contributed by atoms with Crippen LogP contribution in [-0.2, 0) is 28.5 Å². The molecule has 5 aliphatic carbocycles.